The molecule has 0 aromatic heterocycles. The van der Waals surface area contributed by atoms with Crippen molar-refractivity contribution in [2.75, 3.05) is 29.9 Å². The standard InChI is InChI=1S/C20H18ClF3N2O3/c21-11-7-14(23)19(15(24)8-11)26-5-3-20(28,4-6-26)10-29-16-2-1-13(22)18-12(16)9-17(27)25-18/h1-2,7-8,28H,3-6,9-10H2,(H,25,27). The van der Waals surface area contributed by atoms with E-state index in [0.29, 0.717) is 11.3 Å². The van der Waals surface area contributed by atoms with Crippen molar-refractivity contribution in [2.24, 2.45) is 0 Å². The molecule has 0 radical (unpaired) electrons. The smallest absolute Gasteiger partial charge is 0.229 e. The molecule has 1 amide bonds. The van der Waals surface area contributed by atoms with Crippen molar-refractivity contribution in [2.45, 2.75) is 24.9 Å². The number of piperidine rings is 1. The Balaban J connectivity index is 1.43. The van der Waals surface area contributed by atoms with Crippen molar-refractivity contribution in [3.8, 4) is 5.75 Å². The van der Waals surface area contributed by atoms with E-state index in [2.05, 4.69) is 5.32 Å². The average Bonchev–Trinajstić information content (AvgIpc) is 3.05. The van der Waals surface area contributed by atoms with Crippen LogP contribution in [0.3, 0.4) is 0 Å². The van der Waals surface area contributed by atoms with Crippen molar-refractivity contribution in [3.63, 3.8) is 0 Å². The molecule has 154 valence electrons. The Morgan fingerprint density at radius 3 is 2.45 bits per heavy atom. The second kappa shape index (κ2) is 7.42. The van der Waals surface area contributed by atoms with Gasteiger partial charge < -0.3 is 20.1 Å². The van der Waals surface area contributed by atoms with Gasteiger partial charge in [0.1, 0.15) is 29.5 Å². The first kappa shape index (κ1) is 19.8. The summed E-state index contributed by atoms with van der Waals surface area (Å²) >= 11 is 5.66. The van der Waals surface area contributed by atoms with Gasteiger partial charge in [0.25, 0.3) is 0 Å². The van der Waals surface area contributed by atoms with E-state index < -0.39 is 23.1 Å². The fourth-order valence-electron chi connectivity index (χ4n) is 3.73. The molecule has 2 aromatic rings. The lowest BCUT2D eigenvalue weighted by atomic mass is 9.92. The molecule has 0 saturated carbocycles. The fourth-order valence-corrected chi connectivity index (χ4v) is 3.92. The number of hydrogen-bond acceptors (Lipinski definition) is 4. The monoisotopic (exact) mass is 426 g/mol. The Morgan fingerprint density at radius 1 is 1.14 bits per heavy atom. The van der Waals surface area contributed by atoms with E-state index in [1.165, 1.54) is 17.0 Å². The second-order valence-corrected chi connectivity index (χ2v) is 7.78. The molecule has 0 aliphatic carbocycles. The first-order valence-corrected chi connectivity index (χ1v) is 9.49. The second-order valence-electron chi connectivity index (χ2n) is 7.34. The Hall–Kier alpha value is -2.45. The van der Waals surface area contributed by atoms with Crippen LogP contribution < -0.4 is 15.0 Å². The third-order valence-electron chi connectivity index (χ3n) is 5.31. The summed E-state index contributed by atoms with van der Waals surface area (Å²) in [5.74, 6) is -2.05. The van der Waals surface area contributed by atoms with E-state index in [1.54, 1.807) is 0 Å². The number of rotatable bonds is 4. The van der Waals surface area contributed by atoms with Gasteiger partial charge in [-0.25, -0.2) is 13.2 Å². The van der Waals surface area contributed by atoms with Crippen LogP contribution in [0.1, 0.15) is 18.4 Å². The maximum Gasteiger partial charge on any atom is 0.229 e. The van der Waals surface area contributed by atoms with Crippen LogP contribution in [0, 0.1) is 17.5 Å². The largest absolute Gasteiger partial charge is 0.490 e. The zero-order valence-electron chi connectivity index (χ0n) is 15.3. The summed E-state index contributed by atoms with van der Waals surface area (Å²) in [6.07, 6.45) is 0.438. The number of hydrogen-bond donors (Lipinski definition) is 2. The van der Waals surface area contributed by atoms with Gasteiger partial charge in [-0.15, -0.1) is 0 Å². The number of anilines is 2. The van der Waals surface area contributed by atoms with Gasteiger partial charge in [0.2, 0.25) is 5.91 Å². The number of nitrogens with one attached hydrogen (secondary N) is 1. The van der Waals surface area contributed by atoms with Gasteiger partial charge in [-0.05, 0) is 37.1 Å². The number of nitrogens with zero attached hydrogens (tertiary/aromatic N) is 1. The van der Waals surface area contributed by atoms with Crippen molar-refractivity contribution >= 4 is 28.9 Å². The zero-order valence-corrected chi connectivity index (χ0v) is 16.0. The quantitative estimate of drug-likeness (QED) is 0.783. The van der Waals surface area contributed by atoms with E-state index in [4.69, 9.17) is 16.3 Å². The molecule has 2 aliphatic heterocycles. The van der Waals surface area contributed by atoms with Crippen LogP contribution in [-0.4, -0.2) is 36.3 Å². The van der Waals surface area contributed by atoms with Crippen LogP contribution >= 0.6 is 11.6 Å². The molecule has 1 saturated heterocycles. The number of carbonyl (C=O) groups is 1. The van der Waals surface area contributed by atoms with Crippen LogP contribution in [0.2, 0.25) is 5.02 Å². The molecule has 4 rings (SSSR count). The molecule has 0 spiro atoms. The summed E-state index contributed by atoms with van der Waals surface area (Å²) in [5, 5.41) is 13.2. The summed E-state index contributed by atoms with van der Waals surface area (Å²) < 4.78 is 47.8. The first-order chi connectivity index (χ1) is 13.8. The topological polar surface area (TPSA) is 61.8 Å². The molecule has 2 heterocycles. The third kappa shape index (κ3) is 3.86. The summed E-state index contributed by atoms with van der Waals surface area (Å²) in [6, 6.07) is 4.71. The van der Waals surface area contributed by atoms with Crippen LogP contribution in [0.15, 0.2) is 24.3 Å². The van der Waals surface area contributed by atoms with E-state index in [0.717, 1.165) is 12.1 Å². The number of amides is 1. The normalized spacial score (nSPS) is 17.8. The Labute approximate surface area is 170 Å². The minimum atomic E-state index is -1.22. The number of fused-ring (bicyclic) bond motifs is 1. The van der Waals surface area contributed by atoms with Crippen LogP contribution in [0.5, 0.6) is 5.75 Å². The predicted octanol–water partition coefficient (Wildman–Crippen LogP) is 3.66. The summed E-state index contributed by atoms with van der Waals surface area (Å²) in [5.41, 5.74) is -0.865. The SMILES string of the molecule is O=C1Cc2c(OCC3(O)CCN(c4c(F)cc(Cl)cc4F)CC3)ccc(F)c2N1. The maximum atomic E-state index is 14.1. The lowest BCUT2D eigenvalue weighted by Gasteiger charge is -2.39. The van der Waals surface area contributed by atoms with Gasteiger partial charge in [-0.1, -0.05) is 11.6 Å². The van der Waals surface area contributed by atoms with Crippen molar-refractivity contribution in [3.05, 3.63) is 52.3 Å². The van der Waals surface area contributed by atoms with Crippen LogP contribution in [0.25, 0.3) is 0 Å². The van der Waals surface area contributed by atoms with Gasteiger partial charge in [0, 0.05) is 23.7 Å². The van der Waals surface area contributed by atoms with E-state index in [-0.39, 0.29) is 61.3 Å². The Morgan fingerprint density at radius 2 is 1.79 bits per heavy atom. The summed E-state index contributed by atoms with van der Waals surface area (Å²) in [7, 11) is 0. The molecule has 2 aromatic carbocycles. The lowest BCUT2D eigenvalue weighted by Crippen LogP contribution is -2.48. The molecule has 9 heteroatoms. The number of benzene rings is 2. The number of halogens is 4. The lowest BCUT2D eigenvalue weighted by molar-refractivity contribution is -0.115. The van der Waals surface area contributed by atoms with Crippen molar-refractivity contribution in [1.29, 1.82) is 0 Å². The molecule has 1 fully saturated rings. The van der Waals surface area contributed by atoms with E-state index >= 15 is 0 Å². The van der Waals surface area contributed by atoms with E-state index in [9.17, 15) is 23.1 Å². The molecule has 5 nitrogen and oxygen atoms in total. The highest BCUT2D eigenvalue weighted by Crippen LogP contribution is 2.36. The zero-order chi connectivity index (χ0) is 20.8. The summed E-state index contributed by atoms with van der Waals surface area (Å²) in [6.45, 7) is 0.354. The molecule has 2 aliphatic rings. The first-order valence-electron chi connectivity index (χ1n) is 9.12. The minimum Gasteiger partial charge on any atom is -0.490 e. The van der Waals surface area contributed by atoms with Crippen LogP contribution in [0.4, 0.5) is 24.5 Å². The molecular weight excluding hydrogens is 409 g/mol. The van der Waals surface area contributed by atoms with E-state index in [1.807, 2.05) is 0 Å². The molecule has 0 unspecified atom stereocenters. The van der Waals surface area contributed by atoms with Gasteiger partial charge in [0.15, 0.2) is 11.6 Å². The Bertz CT molecular complexity index is 955. The molecule has 0 atom stereocenters. The molecule has 29 heavy (non-hydrogen) atoms. The van der Waals surface area contributed by atoms with Gasteiger partial charge in [-0.2, -0.15) is 0 Å². The molecule has 2 N–H and O–H groups in total. The fraction of sp³-hybridized carbons (Fsp3) is 0.350. The number of aliphatic hydroxyl groups is 1. The van der Waals surface area contributed by atoms with Crippen molar-refractivity contribution in [1.82, 2.24) is 0 Å². The maximum absolute atomic E-state index is 14.1. The Kier molecular flexibility index (Phi) is 5.08. The number of carbonyl (C=O) groups excluding carboxylic acids is 1. The highest BCUT2D eigenvalue weighted by Gasteiger charge is 2.35. The molecular formula is C20H18ClF3N2O3. The summed E-state index contributed by atoms with van der Waals surface area (Å²) in [4.78, 5) is 13.1. The highest BCUT2D eigenvalue weighted by molar-refractivity contribution is 6.30. The van der Waals surface area contributed by atoms with Crippen molar-refractivity contribution < 1.29 is 27.8 Å². The highest BCUT2D eigenvalue weighted by atomic mass is 35.5. The predicted molar refractivity (Wildman–Crippen MR) is 102 cm³/mol. The van der Waals surface area contributed by atoms with Crippen LogP contribution in [-0.2, 0) is 11.2 Å². The van der Waals surface area contributed by atoms with Gasteiger partial charge >= 0.3 is 0 Å². The van der Waals surface area contributed by atoms with Gasteiger partial charge in [-0.3, -0.25) is 4.79 Å². The number of ether oxygens (including phenoxy) is 1. The molecule has 0 bridgehead atoms. The average molecular weight is 427 g/mol. The minimum absolute atomic E-state index is 0.00372. The third-order valence-corrected chi connectivity index (χ3v) is 5.53. The van der Waals surface area contributed by atoms with Gasteiger partial charge in [0.05, 0.1) is 12.1 Å².